The smallest absolute Gasteiger partial charge is 0.362 e. The van der Waals surface area contributed by atoms with E-state index in [1.807, 2.05) is 21.1 Å². The highest BCUT2D eigenvalue weighted by molar-refractivity contribution is 5.72. The van der Waals surface area contributed by atoms with Crippen LogP contribution in [-0.2, 0) is 28.6 Å². The zero-order chi connectivity index (χ0) is 44.9. The van der Waals surface area contributed by atoms with Crippen LogP contribution in [-0.4, -0.2) is 80.6 Å². The number of carboxylic acids is 1. The quantitative estimate of drug-likeness (QED) is 0.0281. The maximum atomic E-state index is 12.8. The van der Waals surface area contributed by atoms with E-state index in [-0.39, 0.29) is 36.2 Å². The maximum absolute atomic E-state index is 12.8. The van der Waals surface area contributed by atoms with Crippen LogP contribution in [0, 0.1) is 0 Å². The molecule has 0 saturated carbocycles. The highest BCUT2D eigenvalue weighted by Gasteiger charge is 2.31. The van der Waals surface area contributed by atoms with Gasteiger partial charge in [-0.2, -0.15) is 0 Å². The molecule has 0 heterocycles. The number of carboxylic acid groups (broad SMARTS) is 1. The molecule has 0 aliphatic rings. The number of carbonyl (C=O) groups is 3. The molecule has 0 aromatic heterocycles. The number of quaternary nitrogens is 1. The Bertz CT molecular complexity index is 1050. The number of hydrogen-bond donors (Lipinski definition) is 1. The van der Waals surface area contributed by atoms with E-state index < -0.39 is 18.1 Å². The fraction of sp³-hybridized carbons (Fsp3) is 0.868. The summed E-state index contributed by atoms with van der Waals surface area (Å²) in [6.07, 6.45) is 50.8. The topological polar surface area (TPSA) is 99.1 Å². The van der Waals surface area contributed by atoms with E-state index in [2.05, 4.69) is 38.2 Å². The Morgan fingerprint density at radius 3 is 1.26 bits per heavy atom. The average molecular weight is 863 g/mol. The van der Waals surface area contributed by atoms with Crippen LogP contribution in [0.2, 0.25) is 0 Å². The molecule has 0 aliphatic carbocycles. The third-order valence-corrected chi connectivity index (χ3v) is 11.9. The first-order valence-electron chi connectivity index (χ1n) is 25.9. The van der Waals surface area contributed by atoms with Gasteiger partial charge in [-0.1, -0.05) is 205 Å². The average Bonchev–Trinajstić information content (AvgIpc) is 3.22. The molecule has 0 spiro atoms. The van der Waals surface area contributed by atoms with Crippen LogP contribution >= 0.6 is 0 Å². The minimum Gasteiger partial charge on any atom is -0.477 e. The highest BCUT2D eigenvalue weighted by Crippen LogP contribution is 2.16. The fourth-order valence-electron chi connectivity index (χ4n) is 7.83. The van der Waals surface area contributed by atoms with Gasteiger partial charge in [0.2, 0.25) is 0 Å². The van der Waals surface area contributed by atoms with Gasteiger partial charge in [-0.3, -0.25) is 9.59 Å². The SMILES string of the molecule is CCCCCCCCCC/C=C/C/C=C/CCCCCCCCCC(=O)OCC(COCCC(C(=O)O)[N+](C)(C)C)OC(=O)CCCCCCCCCCCCCCCCC. The molecule has 0 bridgehead atoms. The summed E-state index contributed by atoms with van der Waals surface area (Å²) >= 11 is 0. The Morgan fingerprint density at radius 2 is 0.869 bits per heavy atom. The summed E-state index contributed by atoms with van der Waals surface area (Å²) < 4.78 is 17.4. The Hall–Kier alpha value is -2.19. The van der Waals surface area contributed by atoms with E-state index in [9.17, 15) is 19.5 Å². The minimum absolute atomic E-state index is 0.0504. The molecule has 358 valence electrons. The third-order valence-electron chi connectivity index (χ3n) is 11.9. The van der Waals surface area contributed by atoms with Crippen molar-refractivity contribution in [1.82, 2.24) is 0 Å². The Morgan fingerprint density at radius 1 is 0.492 bits per heavy atom. The van der Waals surface area contributed by atoms with Crippen molar-refractivity contribution in [3.8, 4) is 0 Å². The van der Waals surface area contributed by atoms with Crippen molar-refractivity contribution < 1.29 is 38.2 Å². The van der Waals surface area contributed by atoms with Gasteiger partial charge < -0.3 is 23.8 Å². The lowest BCUT2D eigenvalue weighted by atomic mass is 10.0. The molecule has 0 aliphatic heterocycles. The number of ether oxygens (including phenoxy) is 3. The lowest BCUT2D eigenvalue weighted by Crippen LogP contribution is -2.50. The zero-order valence-electron chi connectivity index (χ0n) is 40.9. The van der Waals surface area contributed by atoms with E-state index in [4.69, 9.17) is 14.2 Å². The number of allylic oxidation sites excluding steroid dienone is 4. The lowest BCUT2D eigenvalue weighted by molar-refractivity contribution is -0.887. The van der Waals surface area contributed by atoms with Crippen molar-refractivity contribution in [2.45, 2.75) is 257 Å². The van der Waals surface area contributed by atoms with Crippen LogP contribution in [0.25, 0.3) is 0 Å². The number of likely N-dealkylation sites (N-methyl/N-ethyl adjacent to an activating group) is 1. The third kappa shape index (κ3) is 42.9. The Labute approximate surface area is 377 Å². The van der Waals surface area contributed by atoms with Gasteiger partial charge >= 0.3 is 17.9 Å². The van der Waals surface area contributed by atoms with Crippen molar-refractivity contribution in [3.05, 3.63) is 24.3 Å². The Balaban J connectivity index is 4.21. The standard InChI is InChI=1S/C53H99NO7/c1-6-8-10-12-14-16-18-20-22-23-24-25-26-27-28-30-31-33-35-37-39-41-43-51(55)60-48-49(47-59-46-45-50(53(57)58)54(3,4)5)61-52(56)44-42-40-38-36-34-32-29-21-19-17-15-13-11-9-7-2/h23-24,26-27,49-50H,6-22,25,28-48H2,1-5H3/p+1/b24-23+,27-26+. The van der Waals surface area contributed by atoms with E-state index in [0.717, 1.165) is 51.4 Å². The predicted octanol–water partition coefficient (Wildman–Crippen LogP) is 14.8. The molecule has 0 amide bonds. The molecular weight excluding hydrogens is 763 g/mol. The number of esters is 2. The largest absolute Gasteiger partial charge is 0.477 e. The van der Waals surface area contributed by atoms with E-state index in [1.165, 1.54) is 161 Å². The van der Waals surface area contributed by atoms with Gasteiger partial charge in [0, 0.05) is 19.3 Å². The van der Waals surface area contributed by atoms with Crippen molar-refractivity contribution in [3.63, 3.8) is 0 Å². The van der Waals surface area contributed by atoms with Gasteiger partial charge in [0.1, 0.15) is 6.61 Å². The molecule has 0 rings (SSSR count). The van der Waals surface area contributed by atoms with Crippen molar-refractivity contribution in [2.24, 2.45) is 0 Å². The van der Waals surface area contributed by atoms with E-state index in [1.54, 1.807) is 0 Å². The number of hydrogen-bond acceptors (Lipinski definition) is 6. The molecule has 61 heavy (non-hydrogen) atoms. The van der Waals surface area contributed by atoms with Gasteiger partial charge in [-0.25, -0.2) is 4.79 Å². The van der Waals surface area contributed by atoms with Crippen molar-refractivity contribution in [2.75, 3.05) is 41.0 Å². The summed E-state index contributed by atoms with van der Waals surface area (Å²) in [7, 11) is 5.54. The number of unbranched alkanes of at least 4 members (excludes halogenated alkanes) is 29. The summed E-state index contributed by atoms with van der Waals surface area (Å²) in [5.74, 6) is -1.46. The van der Waals surface area contributed by atoms with Gasteiger partial charge in [0.15, 0.2) is 12.1 Å². The molecular formula is C53H100NO7+. The normalized spacial score (nSPS) is 13.0. The Kier molecular flexibility index (Phi) is 42.8. The lowest BCUT2D eigenvalue weighted by Gasteiger charge is -2.31. The van der Waals surface area contributed by atoms with Crippen molar-refractivity contribution >= 4 is 17.9 Å². The monoisotopic (exact) mass is 863 g/mol. The number of nitrogens with zero attached hydrogens (tertiary/aromatic N) is 1. The molecule has 0 aromatic carbocycles. The van der Waals surface area contributed by atoms with Crippen LogP contribution in [0.3, 0.4) is 0 Å². The van der Waals surface area contributed by atoms with E-state index >= 15 is 0 Å². The molecule has 0 fully saturated rings. The van der Waals surface area contributed by atoms with Gasteiger partial charge in [-0.05, 0) is 44.9 Å². The fourth-order valence-corrected chi connectivity index (χ4v) is 7.83. The summed E-state index contributed by atoms with van der Waals surface area (Å²) in [6, 6.07) is -0.613. The zero-order valence-corrected chi connectivity index (χ0v) is 40.9. The molecule has 0 radical (unpaired) electrons. The first-order chi connectivity index (χ1) is 29.6. The molecule has 0 aromatic rings. The van der Waals surface area contributed by atoms with Gasteiger partial charge in [-0.15, -0.1) is 0 Å². The highest BCUT2D eigenvalue weighted by atomic mass is 16.6. The second kappa shape index (κ2) is 44.4. The minimum atomic E-state index is -0.873. The van der Waals surface area contributed by atoms with Crippen LogP contribution in [0.1, 0.15) is 245 Å². The van der Waals surface area contributed by atoms with E-state index in [0.29, 0.717) is 19.3 Å². The molecule has 2 atom stereocenters. The second-order valence-electron chi connectivity index (χ2n) is 18.8. The summed E-state index contributed by atoms with van der Waals surface area (Å²) in [6.45, 7) is 4.76. The first-order valence-corrected chi connectivity index (χ1v) is 25.9. The number of carbonyl (C=O) groups excluding carboxylic acids is 2. The van der Waals surface area contributed by atoms with Crippen LogP contribution in [0.5, 0.6) is 0 Å². The maximum Gasteiger partial charge on any atom is 0.362 e. The molecule has 8 nitrogen and oxygen atoms in total. The molecule has 8 heteroatoms. The summed E-state index contributed by atoms with van der Waals surface area (Å²) in [4.78, 5) is 37.1. The van der Waals surface area contributed by atoms with Gasteiger partial charge in [0.05, 0.1) is 34.4 Å². The van der Waals surface area contributed by atoms with Crippen LogP contribution in [0.4, 0.5) is 0 Å². The summed E-state index contributed by atoms with van der Waals surface area (Å²) in [5.41, 5.74) is 0. The molecule has 0 saturated heterocycles. The number of rotatable bonds is 47. The number of aliphatic carboxylic acids is 1. The first kappa shape index (κ1) is 58.8. The van der Waals surface area contributed by atoms with Gasteiger partial charge in [0.25, 0.3) is 0 Å². The molecule has 2 unspecified atom stereocenters. The summed E-state index contributed by atoms with van der Waals surface area (Å²) in [5, 5.41) is 9.65. The van der Waals surface area contributed by atoms with Crippen LogP contribution < -0.4 is 0 Å². The van der Waals surface area contributed by atoms with Crippen LogP contribution in [0.15, 0.2) is 24.3 Å². The second-order valence-corrected chi connectivity index (χ2v) is 18.8. The van der Waals surface area contributed by atoms with Crippen molar-refractivity contribution in [1.29, 1.82) is 0 Å². The molecule has 1 N–H and O–H groups in total. The predicted molar refractivity (Wildman–Crippen MR) is 257 cm³/mol.